The summed E-state index contributed by atoms with van der Waals surface area (Å²) >= 11 is 3.25. The van der Waals surface area contributed by atoms with Crippen LogP contribution in [0.15, 0.2) is 12.1 Å². The molecule has 0 aliphatic heterocycles. The number of alkyl halides is 1. The quantitative estimate of drug-likeness (QED) is 0.615. The molecule has 1 heterocycles. The van der Waals surface area contributed by atoms with Gasteiger partial charge in [-0.05, 0) is 12.1 Å². The second-order valence-corrected chi connectivity index (χ2v) is 4.53. The Morgan fingerprint density at radius 2 is 1.85 bits per heavy atom. The highest BCUT2D eigenvalue weighted by atomic mass is 79.9. The van der Waals surface area contributed by atoms with Crippen LogP contribution >= 0.6 is 15.9 Å². The van der Waals surface area contributed by atoms with Crippen molar-refractivity contribution in [1.29, 1.82) is 0 Å². The van der Waals surface area contributed by atoms with Crippen LogP contribution in [0.5, 0.6) is 0 Å². The number of benzene rings is 1. The van der Waals surface area contributed by atoms with Gasteiger partial charge in [0.05, 0.1) is 11.9 Å². The highest BCUT2D eigenvalue weighted by Gasteiger charge is 2.17. The molecule has 2 aromatic rings. The normalized spacial score (nSPS) is 11.1. The summed E-state index contributed by atoms with van der Waals surface area (Å²) in [6, 6.07) is 1.79. The predicted octanol–water partition coefficient (Wildman–Crippen LogP) is 2.90. The molecule has 1 aromatic carbocycles. The number of hydrogen-bond donors (Lipinski definition) is 0. The maximum atomic E-state index is 13.3. The van der Waals surface area contributed by atoms with E-state index in [1.54, 1.807) is 4.57 Å². The third-order valence-electron chi connectivity index (χ3n) is 2.71. The second-order valence-electron chi connectivity index (χ2n) is 3.97. The Morgan fingerprint density at radius 3 is 2.40 bits per heavy atom. The van der Waals surface area contributed by atoms with Crippen LogP contribution in [0, 0.1) is 17.5 Å². The Hall–Kier alpha value is -1.41. The largest absolute Gasteiger partial charge is 0.383 e. The summed E-state index contributed by atoms with van der Waals surface area (Å²) in [5.74, 6) is -3.18. The van der Waals surface area contributed by atoms with Crippen molar-refractivity contribution in [2.75, 3.05) is 13.7 Å². The van der Waals surface area contributed by atoms with E-state index < -0.39 is 17.5 Å². The van der Waals surface area contributed by atoms with Gasteiger partial charge in [0.1, 0.15) is 5.82 Å². The molecule has 0 N–H and O–H groups in total. The zero-order valence-electron chi connectivity index (χ0n) is 10.5. The third-order valence-corrected chi connectivity index (χ3v) is 3.21. The standard InChI is InChI=1S/C12H11BrF3N3O/c1-20-3-2-19-10(6-13)17-18-12(19)7-4-8(14)11(16)9(15)5-7/h4-5H,2-3,6H2,1H3. The summed E-state index contributed by atoms with van der Waals surface area (Å²) in [5.41, 5.74) is 0.122. The van der Waals surface area contributed by atoms with E-state index >= 15 is 0 Å². The molecule has 4 nitrogen and oxygen atoms in total. The summed E-state index contributed by atoms with van der Waals surface area (Å²) < 4.78 is 46.2. The lowest BCUT2D eigenvalue weighted by Crippen LogP contribution is -2.09. The molecule has 108 valence electrons. The van der Waals surface area contributed by atoms with Crippen molar-refractivity contribution in [3.8, 4) is 11.4 Å². The lowest BCUT2D eigenvalue weighted by molar-refractivity contribution is 0.187. The average Bonchev–Trinajstić information content (AvgIpc) is 2.84. The molecule has 0 bridgehead atoms. The fraction of sp³-hybridized carbons (Fsp3) is 0.333. The van der Waals surface area contributed by atoms with E-state index in [1.165, 1.54) is 7.11 Å². The maximum Gasteiger partial charge on any atom is 0.194 e. The first-order valence-electron chi connectivity index (χ1n) is 5.70. The second kappa shape index (κ2) is 6.36. The first kappa shape index (κ1) is 15.0. The molecule has 0 spiro atoms. The highest BCUT2D eigenvalue weighted by molar-refractivity contribution is 9.08. The molecule has 0 fully saturated rings. The van der Waals surface area contributed by atoms with Gasteiger partial charge in [-0.25, -0.2) is 13.2 Å². The molecule has 0 atom stereocenters. The monoisotopic (exact) mass is 349 g/mol. The molecule has 0 amide bonds. The Bertz CT molecular complexity index is 595. The molecule has 0 saturated carbocycles. The minimum Gasteiger partial charge on any atom is -0.383 e. The fourth-order valence-corrected chi connectivity index (χ4v) is 2.16. The van der Waals surface area contributed by atoms with Crippen LogP contribution in [0.25, 0.3) is 11.4 Å². The third kappa shape index (κ3) is 2.85. The molecule has 0 aliphatic rings. The molecule has 0 aliphatic carbocycles. The summed E-state index contributed by atoms with van der Waals surface area (Å²) in [5, 5.41) is 8.24. The summed E-state index contributed by atoms with van der Waals surface area (Å²) in [6.45, 7) is 0.803. The molecule has 20 heavy (non-hydrogen) atoms. The number of aromatic nitrogens is 3. The predicted molar refractivity (Wildman–Crippen MR) is 69.8 cm³/mol. The van der Waals surface area contributed by atoms with E-state index in [0.29, 0.717) is 24.3 Å². The van der Waals surface area contributed by atoms with Crippen LogP contribution in [-0.2, 0) is 16.6 Å². The minimum atomic E-state index is -1.50. The summed E-state index contributed by atoms with van der Waals surface area (Å²) in [6.07, 6.45) is 0. The van der Waals surface area contributed by atoms with E-state index in [9.17, 15) is 13.2 Å². The van der Waals surface area contributed by atoms with Crippen LogP contribution in [0.3, 0.4) is 0 Å². The van der Waals surface area contributed by atoms with E-state index in [1.807, 2.05) is 0 Å². The molecule has 0 saturated heterocycles. The summed E-state index contributed by atoms with van der Waals surface area (Å²) in [7, 11) is 1.54. The van der Waals surface area contributed by atoms with Crippen molar-refractivity contribution in [1.82, 2.24) is 14.8 Å². The van der Waals surface area contributed by atoms with Gasteiger partial charge in [-0.2, -0.15) is 0 Å². The number of nitrogens with zero attached hydrogens (tertiary/aromatic N) is 3. The number of methoxy groups -OCH3 is 1. The Kier molecular flexibility index (Phi) is 4.77. The smallest absolute Gasteiger partial charge is 0.194 e. The van der Waals surface area contributed by atoms with Gasteiger partial charge >= 0.3 is 0 Å². The first-order valence-corrected chi connectivity index (χ1v) is 6.82. The lowest BCUT2D eigenvalue weighted by Gasteiger charge is -2.09. The molecule has 1 aromatic heterocycles. The van der Waals surface area contributed by atoms with Gasteiger partial charge in [0.25, 0.3) is 0 Å². The van der Waals surface area contributed by atoms with Crippen LogP contribution in [0.4, 0.5) is 13.2 Å². The number of rotatable bonds is 5. The van der Waals surface area contributed by atoms with Gasteiger partial charge in [-0.1, -0.05) is 15.9 Å². The summed E-state index contributed by atoms with van der Waals surface area (Å²) in [4.78, 5) is 0. The molecular weight excluding hydrogens is 339 g/mol. The number of halogens is 4. The van der Waals surface area contributed by atoms with Crippen molar-refractivity contribution in [3.63, 3.8) is 0 Å². The van der Waals surface area contributed by atoms with Crippen molar-refractivity contribution >= 4 is 15.9 Å². The molecule has 0 radical (unpaired) electrons. The van der Waals surface area contributed by atoms with Gasteiger partial charge in [0, 0.05) is 19.2 Å². The van der Waals surface area contributed by atoms with Gasteiger partial charge in [-0.3, -0.25) is 0 Å². The zero-order chi connectivity index (χ0) is 14.7. The van der Waals surface area contributed by atoms with E-state index in [4.69, 9.17) is 4.74 Å². The number of ether oxygens (including phenoxy) is 1. The molecular formula is C12H11BrF3N3O. The van der Waals surface area contributed by atoms with Gasteiger partial charge < -0.3 is 9.30 Å². The highest BCUT2D eigenvalue weighted by Crippen LogP contribution is 2.23. The van der Waals surface area contributed by atoms with Crippen LogP contribution in [0.2, 0.25) is 0 Å². The van der Waals surface area contributed by atoms with Crippen LogP contribution in [0.1, 0.15) is 5.82 Å². The Balaban J connectivity index is 2.49. The minimum absolute atomic E-state index is 0.122. The Morgan fingerprint density at radius 1 is 1.20 bits per heavy atom. The van der Waals surface area contributed by atoms with Gasteiger partial charge in [0.2, 0.25) is 0 Å². The van der Waals surface area contributed by atoms with E-state index in [0.717, 1.165) is 12.1 Å². The SMILES string of the molecule is COCCn1c(CBr)nnc1-c1cc(F)c(F)c(F)c1. The fourth-order valence-electron chi connectivity index (χ4n) is 1.75. The Labute approximate surface area is 121 Å². The van der Waals surface area contributed by atoms with E-state index in [2.05, 4.69) is 26.1 Å². The van der Waals surface area contributed by atoms with Crippen molar-refractivity contribution in [3.05, 3.63) is 35.4 Å². The topological polar surface area (TPSA) is 39.9 Å². The van der Waals surface area contributed by atoms with Crippen LogP contribution in [-0.4, -0.2) is 28.5 Å². The van der Waals surface area contributed by atoms with E-state index in [-0.39, 0.29) is 11.4 Å². The van der Waals surface area contributed by atoms with Crippen LogP contribution < -0.4 is 0 Å². The van der Waals surface area contributed by atoms with Crippen molar-refractivity contribution in [2.24, 2.45) is 0 Å². The zero-order valence-corrected chi connectivity index (χ0v) is 12.1. The van der Waals surface area contributed by atoms with Crippen molar-refractivity contribution in [2.45, 2.75) is 11.9 Å². The first-order chi connectivity index (χ1) is 9.58. The lowest BCUT2D eigenvalue weighted by atomic mass is 10.2. The number of hydrogen-bond acceptors (Lipinski definition) is 3. The van der Waals surface area contributed by atoms with Gasteiger partial charge in [-0.15, -0.1) is 10.2 Å². The van der Waals surface area contributed by atoms with Gasteiger partial charge in [0.15, 0.2) is 23.3 Å². The molecule has 8 heteroatoms. The van der Waals surface area contributed by atoms with Crippen molar-refractivity contribution < 1.29 is 17.9 Å². The maximum absolute atomic E-state index is 13.3. The molecule has 2 rings (SSSR count). The molecule has 0 unspecified atom stereocenters. The average molecular weight is 350 g/mol.